The van der Waals surface area contributed by atoms with E-state index in [1.54, 1.807) is 7.05 Å². The zero-order valence-electron chi connectivity index (χ0n) is 15.2. The molecular formula is C21H23IN4O. The van der Waals surface area contributed by atoms with Crippen LogP contribution in [-0.4, -0.2) is 24.5 Å². The van der Waals surface area contributed by atoms with E-state index >= 15 is 0 Å². The van der Waals surface area contributed by atoms with Crippen LogP contribution in [0.15, 0.2) is 70.2 Å². The molecule has 2 heterocycles. The highest BCUT2D eigenvalue weighted by atomic mass is 127. The molecule has 0 radical (unpaired) electrons. The Labute approximate surface area is 175 Å². The second-order valence-electron chi connectivity index (χ2n) is 6.21. The van der Waals surface area contributed by atoms with Gasteiger partial charge >= 0.3 is 0 Å². The van der Waals surface area contributed by atoms with Crippen LogP contribution in [0.4, 0.5) is 0 Å². The maximum atomic E-state index is 5.83. The Kier molecular flexibility index (Phi) is 6.39. The molecule has 0 aliphatic heterocycles. The SMILES string of the molecule is CN=C(NCCc1c[nH]c2ccccc12)NCc1cc2ccccc2o1.I. The third kappa shape index (κ3) is 4.44. The summed E-state index contributed by atoms with van der Waals surface area (Å²) in [5, 5.41) is 9.06. The number of guanidine groups is 1. The first kappa shape index (κ1) is 19.3. The molecule has 0 spiro atoms. The molecule has 3 N–H and O–H groups in total. The number of benzene rings is 2. The molecule has 0 fully saturated rings. The van der Waals surface area contributed by atoms with Crippen molar-refractivity contribution in [2.24, 2.45) is 4.99 Å². The summed E-state index contributed by atoms with van der Waals surface area (Å²) in [6.45, 7) is 1.41. The Morgan fingerprint density at radius 1 is 1.07 bits per heavy atom. The van der Waals surface area contributed by atoms with Crippen molar-refractivity contribution in [2.75, 3.05) is 13.6 Å². The average molecular weight is 474 g/mol. The number of aromatic nitrogens is 1. The van der Waals surface area contributed by atoms with Gasteiger partial charge in [0.25, 0.3) is 0 Å². The number of aromatic amines is 1. The van der Waals surface area contributed by atoms with Gasteiger partial charge in [0.2, 0.25) is 0 Å². The fourth-order valence-electron chi connectivity index (χ4n) is 3.17. The summed E-state index contributed by atoms with van der Waals surface area (Å²) in [7, 11) is 1.78. The van der Waals surface area contributed by atoms with E-state index in [1.165, 1.54) is 16.5 Å². The van der Waals surface area contributed by atoms with Crippen molar-refractivity contribution in [3.63, 3.8) is 0 Å². The van der Waals surface area contributed by atoms with Crippen LogP contribution < -0.4 is 10.6 Å². The highest BCUT2D eigenvalue weighted by molar-refractivity contribution is 14.0. The fourth-order valence-corrected chi connectivity index (χ4v) is 3.17. The zero-order chi connectivity index (χ0) is 17.8. The largest absolute Gasteiger partial charge is 0.459 e. The Bertz CT molecular complexity index is 1020. The van der Waals surface area contributed by atoms with Gasteiger partial charge < -0.3 is 20.0 Å². The number of aliphatic imine (C=N–C) groups is 1. The molecule has 0 aliphatic carbocycles. The number of fused-ring (bicyclic) bond motifs is 2. The number of furan rings is 1. The fraction of sp³-hybridized carbons (Fsp3) is 0.190. The van der Waals surface area contributed by atoms with Gasteiger partial charge in [0.15, 0.2) is 5.96 Å². The predicted molar refractivity (Wildman–Crippen MR) is 122 cm³/mol. The third-order valence-corrected chi connectivity index (χ3v) is 4.49. The van der Waals surface area contributed by atoms with Crippen LogP contribution in [0.25, 0.3) is 21.9 Å². The molecule has 0 unspecified atom stereocenters. The van der Waals surface area contributed by atoms with E-state index in [0.29, 0.717) is 6.54 Å². The lowest BCUT2D eigenvalue weighted by molar-refractivity contribution is 0.538. The topological polar surface area (TPSA) is 65.3 Å². The van der Waals surface area contributed by atoms with Gasteiger partial charge in [-0.05, 0) is 30.2 Å². The van der Waals surface area contributed by atoms with E-state index in [-0.39, 0.29) is 24.0 Å². The molecule has 6 heteroatoms. The van der Waals surface area contributed by atoms with Crippen LogP contribution in [-0.2, 0) is 13.0 Å². The monoisotopic (exact) mass is 474 g/mol. The van der Waals surface area contributed by atoms with Gasteiger partial charge in [-0.25, -0.2) is 0 Å². The number of nitrogens with zero attached hydrogens (tertiary/aromatic N) is 1. The van der Waals surface area contributed by atoms with E-state index in [4.69, 9.17) is 4.42 Å². The first-order valence-electron chi connectivity index (χ1n) is 8.80. The number of H-pyrrole nitrogens is 1. The predicted octanol–water partition coefficient (Wildman–Crippen LogP) is 4.44. The minimum Gasteiger partial charge on any atom is -0.459 e. The Balaban J connectivity index is 0.00000210. The minimum absolute atomic E-state index is 0. The number of nitrogens with one attached hydrogen (secondary N) is 3. The number of halogens is 1. The average Bonchev–Trinajstić information content (AvgIpc) is 3.28. The first-order chi connectivity index (χ1) is 12.8. The van der Waals surface area contributed by atoms with Crippen LogP contribution in [0.2, 0.25) is 0 Å². The molecule has 0 saturated heterocycles. The zero-order valence-corrected chi connectivity index (χ0v) is 17.5. The van der Waals surface area contributed by atoms with E-state index in [1.807, 2.05) is 24.3 Å². The molecule has 0 saturated carbocycles. The minimum atomic E-state index is 0. The Hall–Kier alpha value is -2.48. The van der Waals surface area contributed by atoms with Gasteiger partial charge in [0.1, 0.15) is 11.3 Å². The van der Waals surface area contributed by atoms with Crippen molar-refractivity contribution in [1.82, 2.24) is 15.6 Å². The maximum absolute atomic E-state index is 5.83. The number of rotatable bonds is 5. The molecular weight excluding hydrogens is 451 g/mol. The van der Waals surface area contributed by atoms with Crippen molar-refractivity contribution in [2.45, 2.75) is 13.0 Å². The summed E-state index contributed by atoms with van der Waals surface area (Å²) in [4.78, 5) is 7.60. The summed E-state index contributed by atoms with van der Waals surface area (Å²) >= 11 is 0. The van der Waals surface area contributed by atoms with Gasteiger partial charge in [-0.15, -0.1) is 24.0 Å². The lowest BCUT2D eigenvalue weighted by atomic mass is 10.1. The van der Waals surface area contributed by atoms with Crippen LogP contribution in [0, 0.1) is 0 Å². The molecule has 0 aliphatic rings. The van der Waals surface area contributed by atoms with Gasteiger partial charge in [0, 0.05) is 36.1 Å². The van der Waals surface area contributed by atoms with Crippen molar-refractivity contribution in [3.8, 4) is 0 Å². The van der Waals surface area contributed by atoms with Crippen molar-refractivity contribution >= 4 is 51.8 Å². The quantitative estimate of drug-likeness (QED) is 0.228. The molecule has 2 aromatic heterocycles. The lowest BCUT2D eigenvalue weighted by Gasteiger charge is -2.10. The molecule has 0 atom stereocenters. The molecule has 4 rings (SSSR count). The highest BCUT2D eigenvalue weighted by Gasteiger charge is 2.06. The van der Waals surface area contributed by atoms with Crippen LogP contribution in [0.5, 0.6) is 0 Å². The first-order valence-corrected chi connectivity index (χ1v) is 8.80. The van der Waals surface area contributed by atoms with Crippen molar-refractivity contribution in [1.29, 1.82) is 0 Å². The van der Waals surface area contributed by atoms with E-state index < -0.39 is 0 Å². The summed E-state index contributed by atoms with van der Waals surface area (Å²) in [6.07, 6.45) is 3.01. The summed E-state index contributed by atoms with van der Waals surface area (Å²) in [5.74, 6) is 1.66. The molecule has 0 amide bonds. The molecule has 27 heavy (non-hydrogen) atoms. The maximum Gasteiger partial charge on any atom is 0.191 e. The second-order valence-corrected chi connectivity index (χ2v) is 6.21. The van der Waals surface area contributed by atoms with E-state index in [2.05, 4.69) is 57.1 Å². The Morgan fingerprint density at radius 2 is 1.89 bits per heavy atom. The molecule has 2 aromatic carbocycles. The van der Waals surface area contributed by atoms with Crippen LogP contribution in [0.1, 0.15) is 11.3 Å². The molecule has 4 aromatic rings. The molecule has 5 nitrogen and oxygen atoms in total. The summed E-state index contributed by atoms with van der Waals surface area (Å²) in [5.41, 5.74) is 3.39. The number of hydrogen-bond acceptors (Lipinski definition) is 2. The number of hydrogen-bond donors (Lipinski definition) is 3. The Morgan fingerprint density at radius 3 is 2.74 bits per heavy atom. The number of para-hydroxylation sites is 2. The third-order valence-electron chi connectivity index (χ3n) is 4.49. The van der Waals surface area contributed by atoms with Crippen LogP contribution >= 0.6 is 24.0 Å². The van der Waals surface area contributed by atoms with Gasteiger partial charge in [0.05, 0.1) is 6.54 Å². The lowest BCUT2D eigenvalue weighted by Crippen LogP contribution is -2.37. The van der Waals surface area contributed by atoms with E-state index in [0.717, 1.165) is 35.7 Å². The summed E-state index contributed by atoms with van der Waals surface area (Å²) in [6, 6.07) is 18.4. The summed E-state index contributed by atoms with van der Waals surface area (Å²) < 4.78 is 5.83. The smallest absolute Gasteiger partial charge is 0.191 e. The van der Waals surface area contributed by atoms with Crippen molar-refractivity contribution in [3.05, 3.63) is 72.1 Å². The normalized spacial score (nSPS) is 11.5. The highest BCUT2D eigenvalue weighted by Crippen LogP contribution is 2.19. The van der Waals surface area contributed by atoms with E-state index in [9.17, 15) is 0 Å². The second kappa shape index (κ2) is 8.94. The van der Waals surface area contributed by atoms with Gasteiger partial charge in [-0.1, -0.05) is 36.4 Å². The van der Waals surface area contributed by atoms with Crippen LogP contribution in [0.3, 0.4) is 0 Å². The van der Waals surface area contributed by atoms with Crippen molar-refractivity contribution < 1.29 is 4.42 Å². The van der Waals surface area contributed by atoms with Gasteiger partial charge in [-0.2, -0.15) is 0 Å². The molecule has 0 bridgehead atoms. The standard InChI is InChI=1S/C21H22N4O.HI/c1-22-21(25-14-17-12-15-6-2-5-9-20(15)26-17)23-11-10-16-13-24-19-8-4-3-7-18(16)19;/h2-9,12-13,24H,10-11,14H2,1H3,(H2,22,23,25);1H. The van der Waals surface area contributed by atoms with Gasteiger partial charge in [-0.3, -0.25) is 4.99 Å². The molecule has 140 valence electrons.